The van der Waals surface area contributed by atoms with Crippen molar-refractivity contribution >= 4 is 33.7 Å². The second-order valence-corrected chi connectivity index (χ2v) is 6.38. The number of hydrogen-bond acceptors (Lipinski definition) is 3. The predicted molar refractivity (Wildman–Crippen MR) is 77.8 cm³/mol. The molecule has 0 N–H and O–H groups in total. The number of alkyl halides is 1. The fourth-order valence-corrected chi connectivity index (χ4v) is 3.87. The van der Waals surface area contributed by atoms with E-state index in [2.05, 4.69) is 34.7 Å². The van der Waals surface area contributed by atoms with Gasteiger partial charge in [-0.25, -0.2) is 4.98 Å². The molecule has 0 spiro atoms. The van der Waals surface area contributed by atoms with Crippen LogP contribution in [0.4, 0.5) is 5.82 Å². The van der Waals surface area contributed by atoms with Crippen LogP contribution in [-0.4, -0.2) is 22.0 Å². The van der Waals surface area contributed by atoms with Crippen LogP contribution in [0.3, 0.4) is 0 Å². The van der Waals surface area contributed by atoms with Crippen molar-refractivity contribution in [3.8, 4) is 0 Å². The van der Waals surface area contributed by atoms with Gasteiger partial charge in [-0.2, -0.15) is 0 Å². The van der Waals surface area contributed by atoms with E-state index in [1.54, 1.807) is 11.3 Å². The molecular formula is C13H18ClN3S. The summed E-state index contributed by atoms with van der Waals surface area (Å²) >= 11 is 7.79. The van der Waals surface area contributed by atoms with Gasteiger partial charge in [0.25, 0.3) is 0 Å². The number of rotatable bonds is 2. The third kappa shape index (κ3) is 1.91. The molecule has 1 aliphatic heterocycles. The van der Waals surface area contributed by atoms with Crippen molar-refractivity contribution in [2.24, 2.45) is 5.92 Å². The Hall–Kier alpha value is -0.740. The molecule has 3 nitrogen and oxygen atoms in total. The summed E-state index contributed by atoms with van der Waals surface area (Å²) in [4.78, 5) is 8.24. The average molecular weight is 284 g/mol. The molecule has 1 saturated heterocycles. The van der Waals surface area contributed by atoms with Crippen LogP contribution >= 0.6 is 22.9 Å². The van der Waals surface area contributed by atoms with Gasteiger partial charge in [0.05, 0.1) is 11.6 Å². The lowest BCUT2D eigenvalue weighted by Crippen LogP contribution is -2.40. The molecule has 0 bridgehead atoms. The van der Waals surface area contributed by atoms with Crippen LogP contribution in [0.25, 0.3) is 4.96 Å². The highest BCUT2D eigenvalue weighted by atomic mass is 35.5. The van der Waals surface area contributed by atoms with Crippen LogP contribution in [0.1, 0.15) is 32.4 Å². The van der Waals surface area contributed by atoms with Gasteiger partial charge in [-0.3, -0.25) is 4.40 Å². The van der Waals surface area contributed by atoms with Gasteiger partial charge < -0.3 is 4.90 Å². The fraction of sp³-hybridized carbons (Fsp3) is 0.615. The maximum absolute atomic E-state index is 6.12. The molecule has 98 valence electrons. The molecule has 3 heterocycles. The van der Waals surface area contributed by atoms with Crippen molar-refractivity contribution in [2.45, 2.75) is 38.6 Å². The number of piperidine rings is 1. The first-order chi connectivity index (χ1) is 8.70. The quantitative estimate of drug-likeness (QED) is 0.782. The highest BCUT2D eigenvalue weighted by Crippen LogP contribution is 2.32. The van der Waals surface area contributed by atoms with E-state index in [0.29, 0.717) is 11.9 Å². The minimum absolute atomic E-state index is 0.520. The molecule has 0 aromatic carbocycles. The number of aromatic nitrogens is 2. The summed E-state index contributed by atoms with van der Waals surface area (Å²) in [5.74, 6) is 2.43. The molecule has 18 heavy (non-hydrogen) atoms. The standard InChI is InChI=1S/C13H18ClN3S/c1-9-3-4-16(10(2)7-9)12-11(8-14)17-5-6-18-13(17)15-12/h5-6,9-10H,3-4,7-8H2,1-2H3. The van der Waals surface area contributed by atoms with Crippen LogP contribution in [0.2, 0.25) is 0 Å². The van der Waals surface area contributed by atoms with Crippen molar-refractivity contribution in [1.29, 1.82) is 0 Å². The summed E-state index contributed by atoms with van der Waals surface area (Å²) in [5.41, 5.74) is 1.13. The van der Waals surface area contributed by atoms with Gasteiger partial charge >= 0.3 is 0 Å². The van der Waals surface area contributed by atoms with Gasteiger partial charge in [0.1, 0.15) is 0 Å². The maximum Gasteiger partial charge on any atom is 0.195 e. The summed E-state index contributed by atoms with van der Waals surface area (Å²) in [5, 5.41) is 2.06. The summed E-state index contributed by atoms with van der Waals surface area (Å²) in [6, 6.07) is 0.556. The Balaban J connectivity index is 2.00. The predicted octanol–water partition coefficient (Wildman–Crippen LogP) is 3.76. The largest absolute Gasteiger partial charge is 0.352 e. The number of imidazole rings is 1. The van der Waals surface area contributed by atoms with Crippen molar-refractivity contribution < 1.29 is 0 Å². The second-order valence-electron chi connectivity index (χ2n) is 5.24. The van der Waals surface area contributed by atoms with E-state index in [0.717, 1.165) is 28.9 Å². The molecule has 5 heteroatoms. The van der Waals surface area contributed by atoms with E-state index in [-0.39, 0.29) is 0 Å². The van der Waals surface area contributed by atoms with E-state index >= 15 is 0 Å². The molecule has 2 aromatic rings. The molecular weight excluding hydrogens is 266 g/mol. The summed E-state index contributed by atoms with van der Waals surface area (Å²) in [6.45, 7) is 5.72. The normalized spacial score (nSPS) is 24.9. The number of hydrogen-bond donors (Lipinski definition) is 0. The van der Waals surface area contributed by atoms with Crippen molar-refractivity contribution in [1.82, 2.24) is 9.38 Å². The lowest BCUT2D eigenvalue weighted by Gasteiger charge is -2.37. The lowest BCUT2D eigenvalue weighted by molar-refractivity contribution is 0.376. The van der Waals surface area contributed by atoms with E-state index in [1.165, 1.54) is 12.8 Å². The first kappa shape index (κ1) is 12.3. The van der Waals surface area contributed by atoms with E-state index < -0.39 is 0 Å². The van der Waals surface area contributed by atoms with E-state index in [1.807, 2.05) is 0 Å². The third-order valence-electron chi connectivity index (χ3n) is 3.88. The SMILES string of the molecule is CC1CCN(c2nc3sccn3c2CCl)C(C)C1. The zero-order valence-corrected chi connectivity index (χ0v) is 12.3. The summed E-state index contributed by atoms with van der Waals surface area (Å²) < 4.78 is 2.12. The lowest BCUT2D eigenvalue weighted by atomic mass is 9.93. The molecule has 2 unspecified atom stereocenters. The molecule has 2 aromatic heterocycles. The van der Waals surface area contributed by atoms with Crippen LogP contribution in [0.15, 0.2) is 11.6 Å². The summed E-state index contributed by atoms with van der Waals surface area (Å²) in [7, 11) is 0. The van der Waals surface area contributed by atoms with Crippen LogP contribution < -0.4 is 4.90 Å². The zero-order chi connectivity index (χ0) is 12.7. The Morgan fingerprint density at radius 2 is 2.33 bits per heavy atom. The first-order valence-corrected chi connectivity index (χ1v) is 7.89. The Morgan fingerprint density at radius 3 is 3.06 bits per heavy atom. The Labute approximate surface area is 116 Å². The van der Waals surface area contributed by atoms with Gasteiger partial charge in [0.2, 0.25) is 0 Å². The van der Waals surface area contributed by atoms with E-state index in [9.17, 15) is 0 Å². The minimum Gasteiger partial charge on any atom is -0.352 e. The van der Waals surface area contributed by atoms with Crippen molar-refractivity contribution in [3.05, 3.63) is 17.3 Å². The highest BCUT2D eigenvalue weighted by molar-refractivity contribution is 7.15. The molecule has 0 saturated carbocycles. The minimum atomic E-state index is 0.520. The fourth-order valence-electron chi connectivity index (χ4n) is 2.90. The molecule has 0 amide bonds. The van der Waals surface area contributed by atoms with Crippen molar-refractivity contribution in [2.75, 3.05) is 11.4 Å². The Bertz CT molecular complexity index is 547. The van der Waals surface area contributed by atoms with Gasteiger partial charge in [-0.1, -0.05) is 6.92 Å². The van der Waals surface area contributed by atoms with Crippen LogP contribution in [0, 0.1) is 5.92 Å². The zero-order valence-electron chi connectivity index (χ0n) is 10.8. The second kappa shape index (κ2) is 4.74. The monoisotopic (exact) mass is 283 g/mol. The molecule has 1 aliphatic rings. The number of nitrogens with zero attached hydrogens (tertiary/aromatic N) is 3. The van der Waals surface area contributed by atoms with Crippen LogP contribution in [-0.2, 0) is 5.88 Å². The number of halogens is 1. The molecule has 0 radical (unpaired) electrons. The third-order valence-corrected chi connectivity index (χ3v) is 4.89. The molecule has 1 fully saturated rings. The average Bonchev–Trinajstić information content (AvgIpc) is 2.88. The van der Waals surface area contributed by atoms with Gasteiger partial charge in [0.15, 0.2) is 10.8 Å². The topological polar surface area (TPSA) is 20.5 Å². The maximum atomic E-state index is 6.12. The van der Waals surface area contributed by atoms with Gasteiger partial charge in [0, 0.05) is 24.2 Å². The smallest absolute Gasteiger partial charge is 0.195 e. The Kier molecular flexibility index (Phi) is 3.24. The first-order valence-electron chi connectivity index (χ1n) is 6.47. The van der Waals surface area contributed by atoms with E-state index in [4.69, 9.17) is 16.6 Å². The molecule has 0 aliphatic carbocycles. The van der Waals surface area contributed by atoms with Crippen molar-refractivity contribution in [3.63, 3.8) is 0 Å². The summed E-state index contributed by atoms with van der Waals surface area (Å²) in [6.07, 6.45) is 4.55. The van der Waals surface area contributed by atoms with Gasteiger partial charge in [-0.15, -0.1) is 22.9 Å². The number of fused-ring (bicyclic) bond motifs is 1. The molecule has 3 rings (SSSR count). The number of anilines is 1. The number of thiazole rings is 1. The Morgan fingerprint density at radius 1 is 1.50 bits per heavy atom. The molecule has 2 atom stereocenters. The van der Waals surface area contributed by atoms with Gasteiger partial charge in [-0.05, 0) is 25.7 Å². The van der Waals surface area contributed by atoms with Crippen LogP contribution in [0.5, 0.6) is 0 Å². The highest BCUT2D eigenvalue weighted by Gasteiger charge is 2.27.